The summed E-state index contributed by atoms with van der Waals surface area (Å²) in [5.41, 5.74) is 3.05. The number of aliphatic hydroxyl groups excluding tert-OH is 1. The van der Waals surface area contributed by atoms with Gasteiger partial charge in [0.05, 0.1) is 5.69 Å². The first-order valence-electron chi connectivity index (χ1n) is 9.83. The SMILES string of the molecule is OCC1(Cc2ccccc2)CCN(Cc2cc(F)ccc2-n2cccn2)CC1. The molecule has 1 aromatic heterocycles. The smallest absolute Gasteiger partial charge is 0.123 e. The van der Waals surface area contributed by atoms with Crippen LogP contribution in [0, 0.1) is 11.2 Å². The van der Waals surface area contributed by atoms with Crippen LogP contribution in [0.15, 0.2) is 67.0 Å². The van der Waals surface area contributed by atoms with Crippen LogP contribution in [0.1, 0.15) is 24.0 Å². The maximum absolute atomic E-state index is 13.9. The van der Waals surface area contributed by atoms with Crippen molar-refractivity contribution in [3.8, 4) is 5.69 Å². The summed E-state index contributed by atoms with van der Waals surface area (Å²) < 4.78 is 15.7. The summed E-state index contributed by atoms with van der Waals surface area (Å²) in [5, 5.41) is 14.4. The van der Waals surface area contributed by atoms with Crippen molar-refractivity contribution in [1.82, 2.24) is 14.7 Å². The maximum Gasteiger partial charge on any atom is 0.123 e. The van der Waals surface area contributed by atoms with Gasteiger partial charge in [0.15, 0.2) is 0 Å². The minimum Gasteiger partial charge on any atom is -0.396 e. The van der Waals surface area contributed by atoms with E-state index in [1.165, 1.54) is 11.6 Å². The lowest BCUT2D eigenvalue weighted by Crippen LogP contribution is -2.43. The highest BCUT2D eigenvalue weighted by molar-refractivity contribution is 5.40. The van der Waals surface area contributed by atoms with Crippen LogP contribution < -0.4 is 0 Å². The third-order valence-electron chi connectivity index (χ3n) is 5.86. The van der Waals surface area contributed by atoms with Crippen LogP contribution in [-0.2, 0) is 13.0 Å². The summed E-state index contributed by atoms with van der Waals surface area (Å²) >= 11 is 0. The van der Waals surface area contributed by atoms with Gasteiger partial charge in [-0.25, -0.2) is 9.07 Å². The quantitative estimate of drug-likeness (QED) is 0.708. The molecule has 0 atom stereocenters. The molecule has 146 valence electrons. The van der Waals surface area contributed by atoms with Crippen molar-refractivity contribution in [3.05, 3.63) is 83.9 Å². The molecule has 0 unspecified atom stereocenters. The van der Waals surface area contributed by atoms with Crippen molar-refractivity contribution >= 4 is 0 Å². The Hall–Kier alpha value is -2.50. The topological polar surface area (TPSA) is 41.3 Å². The number of nitrogens with zero attached hydrogens (tertiary/aromatic N) is 3. The lowest BCUT2D eigenvalue weighted by atomic mass is 9.74. The molecule has 0 bridgehead atoms. The molecule has 0 amide bonds. The van der Waals surface area contributed by atoms with E-state index in [4.69, 9.17) is 0 Å². The Labute approximate surface area is 165 Å². The minimum absolute atomic E-state index is 0.0649. The molecule has 1 N–H and O–H groups in total. The zero-order valence-electron chi connectivity index (χ0n) is 16.0. The van der Waals surface area contributed by atoms with Crippen LogP contribution in [0.5, 0.6) is 0 Å². The first kappa shape index (κ1) is 18.8. The zero-order valence-corrected chi connectivity index (χ0v) is 16.0. The van der Waals surface area contributed by atoms with E-state index in [1.54, 1.807) is 23.0 Å². The molecule has 1 aliphatic rings. The van der Waals surface area contributed by atoms with Crippen molar-refractivity contribution in [2.45, 2.75) is 25.8 Å². The van der Waals surface area contributed by atoms with Crippen LogP contribution in [0.2, 0.25) is 0 Å². The summed E-state index contributed by atoms with van der Waals surface area (Å²) in [5.74, 6) is -0.225. The Bertz CT molecular complexity index is 887. The number of hydrogen-bond donors (Lipinski definition) is 1. The van der Waals surface area contributed by atoms with E-state index >= 15 is 0 Å². The fraction of sp³-hybridized carbons (Fsp3) is 0.348. The lowest BCUT2D eigenvalue weighted by molar-refractivity contribution is 0.0413. The fourth-order valence-corrected chi connectivity index (χ4v) is 4.16. The predicted octanol–water partition coefficient (Wildman–Crippen LogP) is 3.83. The van der Waals surface area contributed by atoms with Gasteiger partial charge in [0.2, 0.25) is 0 Å². The molecule has 0 spiro atoms. The number of piperidine rings is 1. The first-order valence-corrected chi connectivity index (χ1v) is 9.83. The molecule has 4 rings (SSSR count). The molecule has 1 aliphatic heterocycles. The van der Waals surface area contributed by atoms with Crippen LogP contribution >= 0.6 is 0 Å². The first-order chi connectivity index (χ1) is 13.7. The molecule has 0 radical (unpaired) electrons. The Balaban J connectivity index is 1.45. The monoisotopic (exact) mass is 379 g/mol. The van der Waals surface area contributed by atoms with Crippen LogP contribution in [0.4, 0.5) is 4.39 Å². The number of hydrogen-bond acceptors (Lipinski definition) is 3. The lowest BCUT2D eigenvalue weighted by Gasteiger charge is -2.41. The van der Waals surface area contributed by atoms with Crippen molar-refractivity contribution in [2.24, 2.45) is 5.41 Å². The summed E-state index contributed by atoms with van der Waals surface area (Å²) in [6, 6.07) is 17.1. The Morgan fingerprint density at radius 3 is 2.50 bits per heavy atom. The number of halogens is 1. The second-order valence-corrected chi connectivity index (χ2v) is 7.82. The Morgan fingerprint density at radius 2 is 1.82 bits per heavy atom. The van der Waals surface area contributed by atoms with Gasteiger partial charge in [-0.2, -0.15) is 5.10 Å². The largest absolute Gasteiger partial charge is 0.396 e. The minimum atomic E-state index is -0.225. The van der Waals surface area contributed by atoms with E-state index in [0.29, 0.717) is 6.54 Å². The second kappa shape index (κ2) is 8.25. The molecule has 1 fully saturated rings. The third kappa shape index (κ3) is 4.16. The van der Waals surface area contributed by atoms with Gasteiger partial charge < -0.3 is 5.11 Å². The summed E-state index contributed by atoms with van der Waals surface area (Å²) in [7, 11) is 0. The molecular formula is C23H26FN3O. The van der Waals surface area contributed by atoms with Gasteiger partial charge in [-0.1, -0.05) is 30.3 Å². The fourth-order valence-electron chi connectivity index (χ4n) is 4.16. The summed E-state index contributed by atoms with van der Waals surface area (Å²) in [6.45, 7) is 2.67. The number of likely N-dealkylation sites (tertiary alicyclic amines) is 1. The molecular weight excluding hydrogens is 353 g/mol. The molecule has 4 nitrogen and oxygen atoms in total. The van der Waals surface area contributed by atoms with E-state index in [1.807, 2.05) is 18.3 Å². The van der Waals surface area contributed by atoms with Crippen LogP contribution in [0.3, 0.4) is 0 Å². The van der Waals surface area contributed by atoms with E-state index in [2.05, 4.69) is 34.3 Å². The molecule has 5 heteroatoms. The average molecular weight is 379 g/mol. The Kier molecular flexibility index (Phi) is 5.55. The molecule has 1 saturated heterocycles. The van der Waals surface area contributed by atoms with E-state index in [9.17, 15) is 9.50 Å². The van der Waals surface area contributed by atoms with Gasteiger partial charge >= 0.3 is 0 Å². The van der Waals surface area contributed by atoms with Crippen molar-refractivity contribution in [1.29, 1.82) is 0 Å². The zero-order chi connectivity index (χ0) is 19.4. The number of rotatable bonds is 6. The van der Waals surface area contributed by atoms with Gasteiger partial charge in [-0.05, 0) is 73.2 Å². The molecule has 0 aliphatic carbocycles. The Morgan fingerprint density at radius 1 is 1.04 bits per heavy atom. The van der Waals surface area contributed by atoms with Gasteiger partial charge in [0.1, 0.15) is 5.82 Å². The molecule has 2 aromatic carbocycles. The number of aromatic nitrogens is 2. The molecule has 2 heterocycles. The standard InChI is InChI=1S/C23H26FN3O/c24-21-7-8-22(27-12-4-11-25-27)20(15-21)17-26-13-9-23(18-28,10-14-26)16-19-5-2-1-3-6-19/h1-8,11-12,15,28H,9-10,13-14,16-18H2. The van der Waals surface area contributed by atoms with Crippen molar-refractivity contribution in [3.63, 3.8) is 0 Å². The maximum atomic E-state index is 13.9. The normalized spacial score (nSPS) is 16.9. The van der Waals surface area contributed by atoms with Crippen LogP contribution in [0.25, 0.3) is 5.69 Å². The van der Waals surface area contributed by atoms with Gasteiger partial charge in [0.25, 0.3) is 0 Å². The highest BCUT2D eigenvalue weighted by Crippen LogP contribution is 2.35. The summed E-state index contributed by atoms with van der Waals surface area (Å²) in [6.07, 6.45) is 6.38. The van der Waals surface area contributed by atoms with Crippen molar-refractivity contribution in [2.75, 3.05) is 19.7 Å². The highest BCUT2D eigenvalue weighted by Gasteiger charge is 2.34. The number of aliphatic hydroxyl groups is 1. The van der Waals surface area contributed by atoms with Crippen molar-refractivity contribution < 1.29 is 9.50 Å². The van der Waals surface area contributed by atoms with Gasteiger partial charge in [0, 0.05) is 25.5 Å². The van der Waals surface area contributed by atoms with E-state index < -0.39 is 0 Å². The highest BCUT2D eigenvalue weighted by atomic mass is 19.1. The third-order valence-corrected chi connectivity index (χ3v) is 5.86. The van der Waals surface area contributed by atoms with Gasteiger partial charge in [-0.15, -0.1) is 0 Å². The average Bonchev–Trinajstić information content (AvgIpc) is 3.25. The predicted molar refractivity (Wildman–Crippen MR) is 108 cm³/mol. The van der Waals surface area contributed by atoms with Gasteiger partial charge in [-0.3, -0.25) is 4.90 Å². The molecule has 28 heavy (non-hydrogen) atoms. The van der Waals surface area contributed by atoms with E-state index in [-0.39, 0.29) is 17.8 Å². The van der Waals surface area contributed by atoms with Crippen LogP contribution in [-0.4, -0.2) is 39.5 Å². The second-order valence-electron chi connectivity index (χ2n) is 7.82. The summed E-state index contributed by atoms with van der Waals surface area (Å²) in [4.78, 5) is 2.35. The molecule has 3 aromatic rings. The molecule has 0 saturated carbocycles. The van der Waals surface area contributed by atoms with E-state index in [0.717, 1.165) is 43.6 Å². The number of benzene rings is 2.